The topological polar surface area (TPSA) is 109 Å². The molecule has 2 N–H and O–H groups in total. The van der Waals surface area contributed by atoms with Gasteiger partial charge in [0.05, 0.1) is 0 Å². The predicted molar refractivity (Wildman–Crippen MR) is 34.1 cm³/mol. The van der Waals surface area contributed by atoms with Crippen molar-refractivity contribution >= 4 is 29.6 Å². The summed E-state index contributed by atoms with van der Waals surface area (Å²) in [6.07, 6.45) is 2.67. The molecule has 0 aliphatic carbocycles. The van der Waals surface area contributed by atoms with Crippen LogP contribution in [0.2, 0.25) is 0 Å². The second-order valence-electron chi connectivity index (χ2n) is 1.12. The summed E-state index contributed by atoms with van der Waals surface area (Å²) in [5, 5.41) is 24.3. The summed E-state index contributed by atoms with van der Waals surface area (Å²) in [6.45, 7) is 0. The fourth-order valence-corrected chi connectivity index (χ4v) is 0.258. The zero-order valence-electron chi connectivity index (χ0n) is 5.84. The molecule has 2 rings (SSSR count). The van der Waals surface area contributed by atoms with Crippen molar-refractivity contribution in [2.24, 2.45) is 0 Å². The van der Waals surface area contributed by atoms with Crippen molar-refractivity contribution in [3.8, 4) is 0 Å². The Hall–Kier alpha value is -0.860. The Morgan fingerprint density at radius 1 is 0.818 bits per heavy atom. The molecular formula is C2H4N8Na. The van der Waals surface area contributed by atoms with Gasteiger partial charge < -0.3 is 0 Å². The van der Waals surface area contributed by atoms with Gasteiger partial charge in [0.2, 0.25) is 0 Å². The van der Waals surface area contributed by atoms with E-state index in [-0.39, 0.29) is 29.6 Å². The first kappa shape index (κ1) is 10.1. The number of tetrazole rings is 2. The van der Waals surface area contributed by atoms with Crippen LogP contribution in [0.4, 0.5) is 0 Å². The van der Waals surface area contributed by atoms with Crippen molar-refractivity contribution in [2.45, 2.75) is 0 Å². The van der Waals surface area contributed by atoms with Crippen molar-refractivity contribution in [1.82, 2.24) is 41.2 Å². The number of hydrogen-bond acceptors (Lipinski definition) is 6. The zero-order chi connectivity index (χ0) is 7.07. The number of aromatic amines is 2. The normalized spacial score (nSPS) is 7.27. The molecule has 0 fully saturated rings. The molecule has 0 amide bonds. The minimum atomic E-state index is 0. The first-order valence-electron chi connectivity index (χ1n) is 2.33. The van der Waals surface area contributed by atoms with Crippen LogP contribution in [0.15, 0.2) is 12.7 Å². The largest absolute Gasteiger partial charge is 0.177 e. The van der Waals surface area contributed by atoms with E-state index in [9.17, 15) is 0 Å². The van der Waals surface area contributed by atoms with Crippen molar-refractivity contribution in [2.75, 3.05) is 0 Å². The Morgan fingerprint density at radius 2 is 1.27 bits per heavy atom. The number of hydrogen-bond donors (Lipinski definition) is 2. The van der Waals surface area contributed by atoms with Crippen molar-refractivity contribution in [1.29, 1.82) is 0 Å². The molecule has 0 saturated heterocycles. The van der Waals surface area contributed by atoms with E-state index in [1.165, 1.54) is 12.7 Å². The van der Waals surface area contributed by atoms with E-state index < -0.39 is 0 Å². The van der Waals surface area contributed by atoms with Gasteiger partial charge in [0.25, 0.3) is 0 Å². The van der Waals surface area contributed by atoms with Crippen LogP contribution in [0.3, 0.4) is 0 Å². The fraction of sp³-hybridized carbons (Fsp3) is 0. The fourth-order valence-electron chi connectivity index (χ4n) is 0.258. The maximum atomic E-state index is 3.38. The number of nitrogens with zero attached hydrogens (tertiary/aromatic N) is 6. The molecule has 1 radical (unpaired) electrons. The molecule has 0 unspecified atom stereocenters. The van der Waals surface area contributed by atoms with Crippen LogP contribution in [0, 0.1) is 0 Å². The third-order valence-corrected chi connectivity index (χ3v) is 0.539. The molecule has 0 spiro atoms. The quantitative estimate of drug-likeness (QED) is 0.435. The van der Waals surface area contributed by atoms with E-state index in [0.717, 1.165) is 0 Å². The Bertz CT molecular complexity index is 151. The van der Waals surface area contributed by atoms with Crippen LogP contribution in [0.5, 0.6) is 0 Å². The van der Waals surface area contributed by atoms with Crippen LogP contribution in [0.1, 0.15) is 0 Å². The van der Waals surface area contributed by atoms with Gasteiger partial charge in [-0.05, 0) is 0 Å². The Balaban J connectivity index is 0.000000167. The summed E-state index contributed by atoms with van der Waals surface area (Å²) < 4.78 is 0. The molecule has 53 valence electrons. The Labute approximate surface area is 83.5 Å². The van der Waals surface area contributed by atoms with Gasteiger partial charge >= 0.3 is 0 Å². The third-order valence-electron chi connectivity index (χ3n) is 0.539. The molecule has 0 bridgehead atoms. The Kier molecular flexibility index (Phi) is 6.68. The van der Waals surface area contributed by atoms with Crippen LogP contribution in [0.25, 0.3) is 0 Å². The molecule has 0 saturated carbocycles. The van der Waals surface area contributed by atoms with Gasteiger partial charge in [0, 0.05) is 29.6 Å². The van der Waals surface area contributed by atoms with E-state index in [0.29, 0.717) is 0 Å². The monoisotopic (exact) mass is 163 g/mol. The van der Waals surface area contributed by atoms with Crippen LogP contribution < -0.4 is 0 Å². The molecule has 2 aromatic heterocycles. The van der Waals surface area contributed by atoms with Crippen molar-refractivity contribution < 1.29 is 0 Å². The van der Waals surface area contributed by atoms with Gasteiger partial charge in [0.1, 0.15) is 0 Å². The molecule has 11 heavy (non-hydrogen) atoms. The van der Waals surface area contributed by atoms with Crippen molar-refractivity contribution in [3.63, 3.8) is 0 Å². The molecule has 2 heterocycles. The van der Waals surface area contributed by atoms with E-state index in [4.69, 9.17) is 0 Å². The molecular weight excluding hydrogens is 159 g/mol. The first-order chi connectivity index (χ1) is 5.00. The Morgan fingerprint density at radius 3 is 1.36 bits per heavy atom. The minimum Gasteiger partial charge on any atom is -0.177 e. The smallest absolute Gasteiger partial charge is 0.161 e. The van der Waals surface area contributed by atoms with E-state index in [1.807, 2.05) is 0 Å². The average Bonchev–Trinajstić information content (AvgIpc) is 2.67. The molecule has 0 aliphatic rings. The molecule has 8 nitrogen and oxygen atoms in total. The summed E-state index contributed by atoms with van der Waals surface area (Å²) in [7, 11) is 0. The van der Waals surface area contributed by atoms with Crippen molar-refractivity contribution in [3.05, 3.63) is 12.7 Å². The van der Waals surface area contributed by atoms with Gasteiger partial charge in [0.15, 0.2) is 12.7 Å². The third kappa shape index (κ3) is 5.58. The summed E-state index contributed by atoms with van der Waals surface area (Å²) in [5.41, 5.74) is 0. The number of H-pyrrole nitrogens is 2. The second kappa shape index (κ2) is 7.25. The van der Waals surface area contributed by atoms with E-state index >= 15 is 0 Å². The number of nitrogens with one attached hydrogen (secondary N) is 2. The summed E-state index contributed by atoms with van der Waals surface area (Å²) in [5.74, 6) is 0. The van der Waals surface area contributed by atoms with E-state index in [1.54, 1.807) is 0 Å². The van der Waals surface area contributed by atoms with Crippen LogP contribution in [-0.4, -0.2) is 70.8 Å². The maximum absolute atomic E-state index is 3.38. The van der Waals surface area contributed by atoms with Gasteiger partial charge in [-0.15, -0.1) is 20.4 Å². The predicted octanol–water partition coefficient (Wildman–Crippen LogP) is -1.98. The van der Waals surface area contributed by atoms with Crippen LogP contribution in [-0.2, 0) is 0 Å². The summed E-state index contributed by atoms with van der Waals surface area (Å²) >= 11 is 0. The van der Waals surface area contributed by atoms with Gasteiger partial charge in [-0.2, -0.15) is 10.4 Å². The maximum Gasteiger partial charge on any atom is 0.161 e. The SMILES string of the molecule is [Na].c1nn[nH]n1.c1nn[nH]n1. The standard InChI is InChI=1S/2CH2N4.Na/c2*1-2-4-5-3-1;/h2*1H,(H,2,3,4,5);. The summed E-state index contributed by atoms with van der Waals surface area (Å²) in [6, 6.07) is 0. The van der Waals surface area contributed by atoms with E-state index in [2.05, 4.69) is 41.2 Å². The number of rotatable bonds is 0. The second-order valence-corrected chi connectivity index (χ2v) is 1.12. The van der Waals surface area contributed by atoms with Gasteiger partial charge in [-0.1, -0.05) is 10.4 Å². The van der Waals surface area contributed by atoms with Gasteiger partial charge in [-0.3, -0.25) is 0 Å². The summed E-state index contributed by atoms with van der Waals surface area (Å²) in [4.78, 5) is 0. The van der Waals surface area contributed by atoms with Gasteiger partial charge in [-0.25, -0.2) is 0 Å². The molecule has 9 heteroatoms. The molecule has 0 atom stereocenters. The molecule has 2 aromatic rings. The molecule has 0 aliphatic heterocycles. The zero-order valence-corrected chi connectivity index (χ0v) is 7.84. The minimum absolute atomic E-state index is 0. The number of aromatic nitrogens is 8. The average molecular weight is 163 g/mol. The molecule has 0 aromatic carbocycles. The first-order valence-corrected chi connectivity index (χ1v) is 2.33. The van der Waals surface area contributed by atoms with Crippen LogP contribution >= 0.6 is 0 Å².